The predicted molar refractivity (Wildman–Crippen MR) is 50.1 cm³/mol. The monoisotopic (exact) mass is 192 g/mol. The molecule has 1 saturated carbocycles. The van der Waals surface area contributed by atoms with Crippen LogP contribution in [-0.4, -0.2) is 11.9 Å². The van der Waals surface area contributed by atoms with Crippen LogP contribution < -0.4 is 0 Å². The summed E-state index contributed by atoms with van der Waals surface area (Å²) in [6.45, 7) is 7.36. The van der Waals surface area contributed by atoms with Crippen LogP contribution in [-0.2, 0) is 14.3 Å². The zero-order chi connectivity index (χ0) is 10.3. The Balaban J connectivity index is 2.35. The van der Waals surface area contributed by atoms with Crippen molar-refractivity contribution in [2.75, 3.05) is 0 Å². The first-order valence-electron chi connectivity index (χ1n) is 4.69. The molecule has 0 bridgehead atoms. The summed E-state index contributed by atoms with van der Waals surface area (Å²) in [6, 6.07) is 0. The lowest BCUT2D eigenvalue weighted by molar-refractivity contribution is -0.154. The number of ether oxygens (including phenoxy) is 1. The van der Waals surface area contributed by atoms with Crippen molar-refractivity contribution in [2.24, 2.45) is 23.7 Å². The number of carbonyl (C=O) groups excluding carboxylic acids is 2. The fourth-order valence-corrected chi connectivity index (χ4v) is 2.50. The summed E-state index contributed by atoms with van der Waals surface area (Å²) in [6.07, 6.45) is 4.26. The van der Waals surface area contributed by atoms with Crippen LogP contribution in [0.5, 0.6) is 0 Å². The van der Waals surface area contributed by atoms with Crippen LogP contribution >= 0.6 is 0 Å². The predicted octanol–water partition coefficient (Wildman–Crippen LogP) is 1.31. The SMILES string of the molecule is C=C[C@@H]1C[C@H](C=C)[C@@H]2C(=O)OC(=O)[C@@H]21. The molecular weight excluding hydrogens is 180 g/mol. The van der Waals surface area contributed by atoms with Crippen LogP contribution in [0.4, 0.5) is 0 Å². The third-order valence-electron chi connectivity index (χ3n) is 3.20. The van der Waals surface area contributed by atoms with Gasteiger partial charge in [-0.1, -0.05) is 12.2 Å². The number of rotatable bonds is 2. The molecule has 0 aromatic rings. The first-order chi connectivity index (χ1) is 6.69. The van der Waals surface area contributed by atoms with E-state index < -0.39 is 11.9 Å². The third-order valence-corrected chi connectivity index (χ3v) is 3.20. The fraction of sp³-hybridized carbons (Fsp3) is 0.455. The Bertz CT molecular complexity index is 288. The summed E-state index contributed by atoms with van der Waals surface area (Å²) in [5.41, 5.74) is 0. The van der Waals surface area contributed by atoms with E-state index in [2.05, 4.69) is 17.9 Å². The average Bonchev–Trinajstić information content (AvgIpc) is 2.67. The van der Waals surface area contributed by atoms with Gasteiger partial charge in [-0.2, -0.15) is 0 Å². The van der Waals surface area contributed by atoms with Crippen molar-refractivity contribution < 1.29 is 14.3 Å². The largest absolute Gasteiger partial charge is 0.393 e. The standard InChI is InChI=1S/C11H12O3/c1-3-6-5-7(4-2)9-8(6)10(12)14-11(9)13/h3-4,6-9H,1-2,5H2/t6-,7+,8-,9+. The Morgan fingerprint density at radius 1 is 1.07 bits per heavy atom. The number of esters is 2. The molecule has 0 unspecified atom stereocenters. The number of carbonyl (C=O) groups is 2. The van der Waals surface area contributed by atoms with Crippen molar-refractivity contribution in [3.63, 3.8) is 0 Å². The van der Waals surface area contributed by atoms with Gasteiger partial charge in [0.25, 0.3) is 0 Å². The van der Waals surface area contributed by atoms with E-state index in [1.54, 1.807) is 12.2 Å². The molecule has 3 heteroatoms. The van der Waals surface area contributed by atoms with E-state index in [9.17, 15) is 9.59 Å². The molecule has 2 aliphatic rings. The Hall–Kier alpha value is -1.38. The van der Waals surface area contributed by atoms with E-state index >= 15 is 0 Å². The highest BCUT2D eigenvalue weighted by molar-refractivity contribution is 5.97. The molecule has 14 heavy (non-hydrogen) atoms. The van der Waals surface area contributed by atoms with E-state index in [0.717, 1.165) is 6.42 Å². The van der Waals surface area contributed by atoms with Gasteiger partial charge in [-0.25, -0.2) is 0 Å². The summed E-state index contributed by atoms with van der Waals surface area (Å²) in [5, 5.41) is 0. The normalized spacial score (nSPS) is 40.6. The second-order valence-electron chi connectivity index (χ2n) is 3.83. The maximum atomic E-state index is 11.4. The van der Waals surface area contributed by atoms with Crippen molar-refractivity contribution in [2.45, 2.75) is 6.42 Å². The van der Waals surface area contributed by atoms with Crippen LogP contribution in [0, 0.1) is 23.7 Å². The first-order valence-corrected chi connectivity index (χ1v) is 4.69. The summed E-state index contributed by atoms with van der Waals surface area (Å²) < 4.78 is 4.62. The van der Waals surface area contributed by atoms with Crippen molar-refractivity contribution in [3.05, 3.63) is 25.3 Å². The summed E-state index contributed by atoms with van der Waals surface area (Å²) in [4.78, 5) is 22.7. The topological polar surface area (TPSA) is 43.4 Å². The molecule has 0 amide bonds. The molecule has 0 aromatic heterocycles. The van der Waals surface area contributed by atoms with Gasteiger partial charge in [0.1, 0.15) is 0 Å². The Kier molecular flexibility index (Phi) is 2.02. The summed E-state index contributed by atoms with van der Waals surface area (Å²) in [7, 11) is 0. The van der Waals surface area contributed by atoms with Crippen molar-refractivity contribution in [3.8, 4) is 0 Å². The van der Waals surface area contributed by atoms with Gasteiger partial charge in [-0.15, -0.1) is 13.2 Å². The van der Waals surface area contributed by atoms with Gasteiger partial charge in [0, 0.05) is 0 Å². The molecule has 1 aliphatic heterocycles. The maximum Gasteiger partial charge on any atom is 0.318 e. The lowest BCUT2D eigenvalue weighted by Gasteiger charge is -2.07. The lowest BCUT2D eigenvalue weighted by atomic mass is 9.89. The highest BCUT2D eigenvalue weighted by Crippen LogP contribution is 2.47. The second kappa shape index (κ2) is 3.08. The van der Waals surface area contributed by atoms with E-state index in [-0.39, 0.29) is 23.7 Å². The molecule has 1 heterocycles. The van der Waals surface area contributed by atoms with Gasteiger partial charge in [0.2, 0.25) is 0 Å². The molecule has 0 aromatic carbocycles. The number of fused-ring (bicyclic) bond motifs is 1. The summed E-state index contributed by atoms with van der Waals surface area (Å²) in [5.74, 6) is -1.31. The Morgan fingerprint density at radius 2 is 1.50 bits per heavy atom. The van der Waals surface area contributed by atoms with Gasteiger partial charge in [-0.3, -0.25) is 9.59 Å². The minimum absolute atomic E-state index is 0.0574. The van der Waals surface area contributed by atoms with Crippen molar-refractivity contribution in [1.82, 2.24) is 0 Å². The molecule has 1 saturated heterocycles. The average molecular weight is 192 g/mol. The van der Waals surface area contributed by atoms with Gasteiger partial charge >= 0.3 is 11.9 Å². The third kappa shape index (κ3) is 1.05. The van der Waals surface area contributed by atoms with Crippen LogP contribution in [0.2, 0.25) is 0 Å². The van der Waals surface area contributed by atoms with Gasteiger partial charge in [-0.05, 0) is 18.3 Å². The number of hydrogen-bond donors (Lipinski definition) is 0. The van der Waals surface area contributed by atoms with E-state index in [1.165, 1.54) is 0 Å². The van der Waals surface area contributed by atoms with Crippen LogP contribution in [0.3, 0.4) is 0 Å². The van der Waals surface area contributed by atoms with Crippen LogP contribution in [0.1, 0.15) is 6.42 Å². The quantitative estimate of drug-likeness (QED) is 0.376. The minimum Gasteiger partial charge on any atom is -0.393 e. The van der Waals surface area contributed by atoms with Crippen LogP contribution in [0.15, 0.2) is 25.3 Å². The molecule has 2 fully saturated rings. The highest BCUT2D eigenvalue weighted by atomic mass is 16.6. The fourth-order valence-electron chi connectivity index (χ4n) is 2.50. The molecule has 2 rings (SSSR count). The van der Waals surface area contributed by atoms with E-state index in [0.29, 0.717) is 0 Å². The molecule has 3 nitrogen and oxygen atoms in total. The smallest absolute Gasteiger partial charge is 0.318 e. The van der Waals surface area contributed by atoms with Gasteiger partial charge in [0.05, 0.1) is 11.8 Å². The molecule has 4 atom stereocenters. The van der Waals surface area contributed by atoms with Gasteiger partial charge < -0.3 is 4.74 Å². The van der Waals surface area contributed by atoms with Gasteiger partial charge in [0.15, 0.2) is 0 Å². The molecule has 0 N–H and O–H groups in total. The molecule has 0 radical (unpaired) electrons. The molecule has 0 spiro atoms. The Labute approximate surface area is 82.4 Å². The van der Waals surface area contributed by atoms with E-state index in [1.807, 2.05) is 0 Å². The van der Waals surface area contributed by atoms with Crippen molar-refractivity contribution in [1.29, 1.82) is 0 Å². The summed E-state index contributed by atoms with van der Waals surface area (Å²) >= 11 is 0. The number of hydrogen-bond acceptors (Lipinski definition) is 3. The van der Waals surface area contributed by atoms with E-state index in [4.69, 9.17) is 0 Å². The second-order valence-corrected chi connectivity index (χ2v) is 3.83. The number of allylic oxidation sites excluding steroid dienone is 2. The zero-order valence-electron chi connectivity index (χ0n) is 7.81. The van der Waals surface area contributed by atoms with Crippen molar-refractivity contribution >= 4 is 11.9 Å². The zero-order valence-corrected chi connectivity index (χ0v) is 7.81. The van der Waals surface area contributed by atoms with Crippen LogP contribution in [0.25, 0.3) is 0 Å². The maximum absolute atomic E-state index is 11.4. The Morgan fingerprint density at radius 3 is 1.86 bits per heavy atom. The minimum atomic E-state index is -0.394. The molecule has 74 valence electrons. The lowest BCUT2D eigenvalue weighted by Crippen LogP contribution is -2.18. The first kappa shape index (κ1) is 9.19. The number of cyclic esters (lactones) is 2. The highest BCUT2D eigenvalue weighted by Gasteiger charge is 2.55. The molecule has 1 aliphatic carbocycles. The molecular formula is C11H12O3.